The van der Waals surface area contributed by atoms with Crippen molar-refractivity contribution in [1.29, 1.82) is 0 Å². The largest absolute Gasteiger partial charge is 0.493 e. The third-order valence-electron chi connectivity index (χ3n) is 3.12. The van der Waals surface area contributed by atoms with Crippen LogP contribution in [0.4, 0.5) is 0 Å². The number of terminal acetylenes is 1. The van der Waals surface area contributed by atoms with Crippen LogP contribution in [0.1, 0.15) is 23.7 Å². The molecule has 0 aromatic heterocycles. The Balaban J connectivity index is 2.16. The first kappa shape index (κ1) is 15.0. The molecule has 0 amide bonds. The molecule has 1 N–H and O–H groups in total. The van der Waals surface area contributed by atoms with Crippen molar-refractivity contribution >= 4 is 0 Å². The normalized spacial score (nSPS) is 11.5. The van der Waals surface area contributed by atoms with E-state index in [2.05, 4.69) is 5.92 Å². The zero-order chi connectivity index (χ0) is 15.1. The molecule has 0 radical (unpaired) electrons. The molecule has 21 heavy (non-hydrogen) atoms. The topological polar surface area (TPSA) is 38.7 Å². The van der Waals surface area contributed by atoms with Gasteiger partial charge in [0, 0.05) is 6.42 Å². The second-order valence-electron chi connectivity index (χ2n) is 4.61. The van der Waals surface area contributed by atoms with E-state index in [-0.39, 0.29) is 6.42 Å². The molecular weight excluding hydrogens is 264 g/mol. The van der Waals surface area contributed by atoms with E-state index in [1.54, 1.807) is 25.3 Å². The lowest BCUT2D eigenvalue weighted by molar-refractivity contribution is 0.183. The van der Waals surface area contributed by atoms with Crippen LogP contribution in [-0.4, -0.2) is 12.2 Å². The van der Waals surface area contributed by atoms with Crippen LogP contribution >= 0.6 is 0 Å². The number of benzene rings is 2. The molecule has 2 aromatic rings. The third kappa shape index (κ3) is 4.01. The summed E-state index contributed by atoms with van der Waals surface area (Å²) >= 11 is 0. The Morgan fingerprint density at radius 3 is 2.57 bits per heavy atom. The summed E-state index contributed by atoms with van der Waals surface area (Å²) in [6.45, 7) is 0.436. The van der Waals surface area contributed by atoms with Crippen molar-refractivity contribution < 1.29 is 14.6 Å². The van der Waals surface area contributed by atoms with Gasteiger partial charge in [0.05, 0.1) is 13.2 Å². The van der Waals surface area contributed by atoms with Gasteiger partial charge in [0.2, 0.25) is 0 Å². The summed E-state index contributed by atoms with van der Waals surface area (Å²) in [5.41, 5.74) is 1.78. The Bertz CT molecular complexity index is 614. The smallest absolute Gasteiger partial charge is 0.162 e. The maximum Gasteiger partial charge on any atom is 0.162 e. The molecule has 0 fully saturated rings. The number of hydrogen-bond donors (Lipinski definition) is 1. The number of hydrogen-bond acceptors (Lipinski definition) is 3. The molecule has 0 aliphatic rings. The van der Waals surface area contributed by atoms with Crippen LogP contribution < -0.4 is 9.47 Å². The lowest BCUT2D eigenvalue weighted by Gasteiger charge is -2.14. The summed E-state index contributed by atoms with van der Waals surface area (Å²) in [5, 5.41) is 9.95. The molecule has 0 saturated carbocycles. The first-order chi connectivity index (χ1) is 10.2. The summed E-state index contributed by atoms with van der Waals surface area (Å²) in [5.74, 6) is 3.67. The summed E-state index contributed by atoms with van der Waals surface area (Å²) in [4.78, 5) is 0. The van der Waals surface area contributed by atoms with E-state index < -0.39 is 6.10 Å². The molecule has 108 valence electrons. The highest BCUT2D eigenvalue weighted by Crippen LogP contribution is 2.31. The fourth-order valence-corrected chi connectivity index (χ4v) is 1.98. The number of aliphatic hydroxyl groups is 1. The monoisotopic (exact) mass is 282 g/mol. The zero-order valence-electron chi connectivity index (χ0n) is 12.0. The molecule has 0 unspecified atom stereocenters. The lowest BCUT2D eigenvalue weighted by atomic mass is 10.1. The van der Waals surface area contributed by atoms with Gasteiger partial charge in [-0.2, -0.15) is 0 Å². The summed E-state index contributed by atoms with van der Waals surface area (Å²) in [7, 11) is 1.59. The molecule has 0 aliphatic carbocycles. The quantitative estimate of drug-likeness (QED) is 0.826. The van der Waals surface area contributed by atoms with Crippen molar-refractivity contribution in [3.8, 4) is 23.8 Å². The van der Waals surface area contributed by atoms with Crippen LogP contribution in [0.25, 0.3) is 0 Å². The SMILES string of the molecule is C#CC[C@H](O)c1ccc(OC)c(OCc2ccccc2)c1. The molecule has 0 aliphatic heterocycles. The van der Waals surface area contributed by atoms with Gasteiger partial charge in [0.15, 0.2) is 11.5 Å². The predicted octanol–water partition coefficient (Wildman–Crippen LogP) is 3.33. The molecule has 0 saturated heterocycles. The standard InChI is InChI=1S/C18H18O3/c1-3-7-16(19)15-10-11-17(20-2)18(12-15)21-13-14-8-5-4-6-9-14/h1,4-6,8-12,16,19H,7,13H2,2H3/t16-/m0/s1. The second kappa shape index (κ2) is 7.37. The highest BCUT2D eigenvalue weighted by molar-refractivity contribution is 5.44. The van der Waals surface area contributed by atoms with Crippen molar-refractivity contribution in [2.75, 3.05) is 7.11 Å². The van der Waals surface area contributed by atoms with Gasteiger partial charge in [0.25, 0.3) is 0 Å². The van der Waals surface area contributed by atoms with Crippen molar-refractivity contribution in [3.63, 3.8) is 0 Å². The lowest BCUT2D eigenvalue weighted by Crippen LogP contribution is -2.01. The van der Waals surface area contributed by atoms with Gasteiger partial charge in [-0.25, -0.2) is 0 Å². The van der Waals surface area contributed by atoms with Crippen LogP contribution in [0, 0.1) is 12.3 Å². The predicted molar refractivity (Wildman–Crippen MR) is 82.2 cm³/mol. The van der Waals surface area contributed by atoms with E-state index in [0.29, 0.717) is 18.1 Å². The molecule has 1 atom stereocenters. The molecule has 0 spiro atoms. The highest BCUT2D eigenvalue weighted by Gasteiger charge is 2.11. The van der Waals surface area contributed by atoms with E-state index in [0.717, 1.165) is 11.1 Å². The summed E-state index contributed by atoms with van der Waals surface area (Å²) in [6.07, 6.45) is 4.80. The van der Waals surface area contributed by atoms with Crippen LogP contribution in [0.15, 0.2) is 48.5 Å². The second-order valence-corrected chi connectivity index (χ2v) is 4.61. The number of ether oxygens (including phenoxy) is 2. The Kier molecular flexibility index (Phi) is 5.25. The molecule has 3 heteroatoms. The first-order valence-electron chi connectivity index (χ1n) is 6.70. The molecule has 3 nitrogen and oxygen atoms in total. The molecular formula is C18H18O3. The molecule has 2 aromatic carbocycles. The van der Waals surface area contributed by atoms with Gasteiger partial charge in [0.1, 0.15) is 6.61 Å². The fourth-order valence-electron chi connectivity index (χ4n) is 1.98. The van der Waals surface area contributed by atoms with Crippen LogP contribution in [0.2, 0.25) is 0 Å². The Hall–Kier alpha value is -2.44. The fraction of sp³-hybridized carbons (Fsp3) is 0.222. The minimum absolute atomic E-state index is 0.268. The average molecular weight is 282 g/mol. The third-order valence-corrected chi connectivity index (χ3v) is 3.12. The van der Waals surface area contributed by atoms with Crippen molar-refractivity contribution in [3.05, 3.63) is 59.7 Å². The van der Waals surface area contributed by atoms with E-state index >= 15 is 0 Å². The van der Waals surface area contributed by atoms with Crippen LogP contribution in [0.5, 0.6) is 11.5 Å². The zero-order valence-corrected chi connectivity index (χ0v) is 12.0. The van der Waals surface area contributed by atoms with Crippen molar-refractivity contribution in [1.82, 2.24) is 0 Å². The minimum Gasteiger partial charge on any atom is -0.493 e. The number of methoxy groups -OCH3 is 1. The van der Waals surface area contributed by atoms with E-state index in [4.69, 9.17) is 15.9 Å². The van der Waals surface area contributed by atoms with Gasteiger partial charge in [-0.1, -0.05) is 36.4 Å². The van der Waals surface area contributed by atoms with Crippen molar-refractivity contribution in [2.45, 2.75) is 19.1 Å². The minimum atomic E-state index is -0.694. The van der Waals surface area contributed by atoms with Gasteiger partial charge in [-0.15, -0.1) is 12.3 Å². The number of aliphatic hydroxyl groups excluding tert-OH is 1. The Labute approximate surface area is 125 Å². The van der Waals surface area contributed by atoms with E-state index in [9.17, 15) is 5.11 Å². The average Bonchev–Trinajstić information content (AvgIpc) is 2.54. The first-order valence-corrected chi connectivity index (χ1v) is 6.70. The van der Waals surface area contributed by atoms with Gasteiger partial charge >= 0.3 is 0 Å². The molecule has 0 heterocycles. The van der Waals surface area contributed by atoms with Gasteiger partial charge < -0.3 is 14.6 Å². The molecule has 2 rings (SSSR count). The maximum atomic E-state index is 9.95. The highest BCUT2D eigenvalue weighted by atomic mass is 16.5. The van der Waals surface area contributed by atoms with E-state index in [1.807, 2.05) is 30.3 Å². The number of rotatable bonds is 6. The van der Waals surface area contributed by atoms with Gasteiger partial charge in [-0.3, -0.25) is 0 Å². The van der Waals surface area contributed by atoms with Crippen LogP contribution in [-0.2, 0) is 6.61 Å². The Morgan fingerprint density at radius 2 is 1.90 bits per heavy atom. The van der Waals surface area contributed by atoms with E-state index in [1.165, 1.54) is 0 Å². The summed E-state index contributed by atoms with van der Waals surface area (Å²) in [6, 6.07) is 15.2. The molecule has 0 bridgehead atoms. The van der Waals surface area contributed by atoms with Crippen LogP contribution in [0.3, 0.4) is 0 Å². The van der Waals surface area contributed by atoms with Crippen molar-refractivity contribution in [2.24, 2.45) is 0 Å². The Morgan fingerprint density at radius 1 is 1.14 bits per heavy atom. The van der Waals surface area contributed by atoms with Gasteiger partial charge in [-0.05, 0) is 23.3 Å². The summed E-state index contributed by atoms with van der Waals surface area (Å²) < 4.78 is 11.1. The maximum absolute atomic E-state index is 9.95.